The molecule has 1 spiro atoms. The van der Waals surface area contributed by atoms with Crippen LogP contribution in [0, 0.1) is 12.8 Å². The smallest absolute Gasteiger partial charge is 0.256 e. The maximum atomic E-state index is 13.8. The fourth-order valence-corrected chi connectivity index (χ4v) is 4.99. The number of carbonyl (C=O) groups is 3. The Kier molecular flexibility index (Phi) is 7.47. The highest BCUT2D eigenvalue weighted by Crippen LogP contribution is 2.39. The summed E-state index contributed by atoms with van der Waals surface area (Å²) in [7, 11) is 0. The summed E-state index contributed by atoms with van der Waals surface area (Å²) in [5, 5.41) is 3.37. The van der Waals surface area contributed by atoms with Gasteiger partial charge in [-0.25, -0.2) is 0 Å². The molecule has 2 saturated heterocycles. The number of amides is 3. The molecule has 3 amide bonds. The lowest BCUT2D eigenvalue weighted by molar-refractivity contribution is -0.128. The Morgan fingerprint density at radius 2 is 1.80 bits per heavy atom. The summed E-state index contributed by atoms with van der Waals surface area (Å²) in [6, 6.07) is 13.6. The van der Waals surface area contributed by atoms with E-state index in [0.717, 1.165) is 5.56 Å². The number of ether oxygens (including phenoxy) is 1. The second-order valence-electron chi connectivity index (χ2n) is 9.73. The van der Waals surface area contributed by atoms with Crippen molar-refractivity contribution in [2.24, 2.45) is 5.92 Å². The van der Waals surface area contributed by atoms with Crippen LogP contribution in [0.5, 0.6) is 0 Å². The van der Waals surface area contributed by atoms with Crippen LogP contribution in [0.4, 0.5) is 0 Å². The second-order valence-corrected chi connectivity index (χ2v) is 10.1. The molecule has 0 radical (unpaired) electrons. The normalized spacial score (nSPS) is 19.3. The second kappa shape index (κ2) is 10.4. The molecular formula is C27H32ClN3O4. The lowest BCUT2D eigenvalue weighted by Crippen LogP contribution is -2.60. The number of nitrogens with one attached hydrogen (secondary N) is 1. The Hall–Kier alpha value is -2.90. The molecule has 0 bridgehead atoms. The van der Waals surface area contributed by atoms with Crippen LogP contribution < -0.4 is 5.32 Å². The zero-order valence-corrected chi connectivity index (χ0v) is 21.2. The standard InChI is InChI=1S/C27H32ClN3O4/c1-18(2)16-29-24(32)23-17-35-27(31(23)25(33)20-8-6-7-19(3)15-20)11-13-30(14-12-27)26(34)21-9-4-5-10-22(21)28/h4-10,15,18,23H,11-14,16-17H2,1-3H3,(H,29,32)/t23-/m0/s1. The lowest BCUT2D eigenvalue weighted by atomic mass is 9.95. The Labute approximate surface area is 211 Å². The minimum Gasteiger partial charge on any atom is -0.354 e. The summed E-state index contributed by atoms with van der Waals surface area (Å²) in [4.78, 5) is 43.3. The van der Waals surface area contributed by atoms with E-state index in [2.05, 4.69) is 5.32 Å². The van der Waals surface area contributed by atoms with Gasteiger partial charge < -0.3 is 15.0 Å². The molecule has 7 nitrogen and oxygen atoms in total. The van der Waals surface area contributed by atoms with Gasteiger partial charge in [0, 0.05) is 38.0 Å². The maximum Gasteiger partial charge on any atom is 0.256 e. The Balaban J connectivity index is 1.58. The van der Waals surface area contributed by atoms with Gasteiger partial charge in [-0.05, 0) is 37.1 Å². The van der Waals surface area contributed by atoms with Crippen molar-refractivity contribution in [1.29, 1.82) is 0 Å². The number of halogens is 1. The first kappa shape index (κ1) is 25.2. The van der Waals surface area contributed by atoms with Crippen LogP contribution in [0.3, 0.4) is 0 Å². The number of hydrogen-bond donors (Lipinski definition) is 1. The van der Waals surface area contributed by atoms with E-state index in [-0.39, 0.29) is 30.2 Å². The van der Waals surface area contributed by atoms with Crippen LogP contribution in [-0.2, 0) is 9.53 Å². The molecule has 1 N–H and O–H groups in total. The first-order valence-corrected chi connectivity index (χ1v) is 12.5. The van der Waals surface area contributed by atoms with E-state index in [1.165, 1.54) is 0 Å². The Morgan fingerprint density at radius 1 is 1.09 bits per heavy atom. The Bertz CT molecular complexity index is 1110. The van der Waals surface area contributed by atoms with Crippen molar-refractivity contribution in [2.45, 2.75) is 45.4 Å². The number of likely N-dealkylation sites (tertiary alicyclic amines) is 1. The predicted octanol–water partition coefficient (Wildman–Crippen LogP) is 3.89. The Morgan fingerprint density at radius 3 is 2.46 bits per heavy atom. The number of aryl methyl sites for hydroxylation is 1. The zero-order valence-electron chi connectivity index (χ0n) is 20.4. The summed E-state index contributed by atoms with van der Waals surface area (Å²) in [6.45, 7) is 7.40. The fourth-order valence-electron chi connectivity index (χ4n) is 4.77. The fraction of sp³-hybridized carbons (Fsp3) is 0.444. The van der Waals surface area contributed by atoms with Crippen LogP contribution in [0.2, 0.25) is 5.02 Å². The maximum absolute atomic E-state index is 13.8. The molecule has 2 aromatic carbocycles. The van der Waals surface area contributed by atoms with E-state index in [9.17, 15) is 14.4 Å². The monoisotopic (exact) mass is 497 g/mol. The van der Waals surface area contributed by atoms with Crippen molar-refractivity contribution < 1.29 is 19.1 Å². The number of hydrogen-bond acceptors (Lipinski definition) is 4. The minimum absolute atomic E-state index is 0.125. The lowest BCUT2D eigenvalue weighted by Gasteiger charge is -2.44. The van der Waals surface area contributed by atoms with Crippen molar-refractivity contribution in [3.63, 3.8) is 0 Å². The van der Waals surface area contributed by atoms with Crippen molar-refractivity contribution in [1.82, 2.24) is 15.1 Å². The van der Waals surface area contributed by atoms with Crippen molar-refractivity contribution in [2.75, 3.05) is 26.2 Å². The van der Waals surface area contributed by atoms with Gasteiger partial charge in [-0.2, -0.15) is 0 Å². The molecule has 2 aromatic rings. The third kappa shape index (κ3) is 5.21. The molecule has 2 aliphatic heterocycles. The number of carbonyl (C=O) groups excluding carboxylic acids is 3. The molecule has 2 heterocycles. The molecule has 0 saturated carbocycles. The molecule has 2 fully saturated rings. The summed E-state index contributed by atoms with van der Waals surface area (Å²) >= 11 is 6.24. The zero-order chi connectivity index (χ0) is 25.2. The highest BCUT2D eigenvalue weighted by Gasteiger charge is 2.54. The summed E-state index contributed by atoms with van der Waals surface area (Å²) in [6.07, 6.45) is 0.823. The molecule has 0 aliphatic carbocycles. The molecule has 8 heteroatoms. The van der Waals surface area contributed by atoms with Gasteiger partial charge in [-0.15, -0.1) is 0 Å². The van der Waals surface area contributed by atoms with Crippen LogP contribution in [0.1, 0.15) is 53.0 Å². The number of benzene rings is 2. The highest BCUT2D eigenvalue weighted by molar-refractivity contribution is 6.33. The quantitative estimate of drug-likeness (QED) is 0.679. The average Bonchev–Trinajstić information content (AvgIpc) is 3.21. The predicted molar refractivity (Wildman–Crippen MR) is 134 cm³/mol. The molecule has 2 aliphatic rings. The van der Waals surface area contributed by atoms with Gasteiger partial charge in [0.15, 0.2) is 0 Å². The van der Waals surface area contributed by atoms with E-state index in [1.54, 1.807) is 40.1 Å². The van der Waals surface area contributed by atoms with Crippen LogP contribution >= 0.6 is 11.6 Å². The van der Waals surface area contributed by atoms with Gasteiger partial charge in [-0.3, -0.25) is 19.3 Å². The van der Waals surface area contributed by atoms with Crippen molar-refractivity contribution >= 4 is 29.3 Å². The SMILES string of the molecule is Cc1cccc(C(=O)N2[C@H](C(=O)NCC(C)C)COC23CCN(C(=O)c2ccccc2Cl)CC3)c1. The summed E-state index contributed by atoms with van der Waals surface area (Å²) < 4.78 is 6.25. The first-order chi connectivity index (χ1) is 16.7. The van der Waals surface area contributed by atoms with Crippen LogP contribution in [-0.4, -0.2) is 65.5 Å². The number of piperidine rings is 1. The first-order valence-electron chi connectivity index (χ1n) is 12.1. The largest absolute Gasteiger partial charge is 0.354 e. The molecule has 186 valence electrons. The molecular weight excluding hydrogens is 466 g/mol. The van der Waals surface area contributed by atoms with Gasteiger partial charge in [0.1, 0.15) is 11.8 Å². The molecule has 0 unspecified atom stereocenters. The molecule has 35 heavy (non-hydrogen) atoms. The topological polar surface area (TPSA) is 79.0 Å². The summed E-state index contributed by atoms with van der Waals surface area (Å²) in [5.74, 6) is -0.311. The van der Waals surface area contributed by atoms with E-state index >= 15 is 0 Å². The van der Waals surface area contributed by atoms with E-state index in [1.807, 2.05) is 39.0 Å². The van der Waals surface area contributed by atoms with Gasteiger partial charge >= 0.3 is 0 Å². The number of nitrogens with zero attached hydrogens (tertiary/aromatic N) is 2. The minimum atomic E-state index is -0.946. The van der Waals surface area contributed by atoms with E-state index in [4.69, 9.17) is 16.3 Å². The van der Waals surface area contributed by atoms with E-state index in [0.29, 0.717) is 48.6 Å². The van der Waals surface area contributed by atoms with Gasteiger partial charge in [0.05, 0.1) is 17.2 Å². The van der Waals surface area contributed by atoms with Crippen molar-refractivity contribution in [3.8, 4) is 0 Å². The average molecular weight is 498 g/mol. The third-order valence-electron chi connectivity index (χ3n) is 6.67. The van der Waals surface area contributed by atoms with Gasteiger partial charge in [0.25, 0.3) is 11.8 Å². The van der Waals surface area contributed by atoms with Gasteiger partial charge in [0.2, 0.25) is 5.91 Å². The van der Waals surface area contributed by atoms with Crippen LogP contribution in [0.15, 0.2) is 48.5 Å². The highest BCUT2D eigenvalue weighted by atomic mass is 35.5. The third-order valence-corrected chi connectivity index (χ3v) is 7.00. The molecule has 4 rings (SSSR count). The van der Waals surface area contributed by atoms with Crippen molar-refractivity contribution in [3.05, 3.63) is 70.2 Å². The number of rotatable bonds is 5. The van der Waals surface area contributed by atoms with Crippen LogP contribution in [0.25, 0.3) is 0 Å². The molecule has 1 atom stereocenters. The van der Waals surface area contributed by atoms with E-state index < -0.39 is 11.8 Å². The summed E-state index contributed by atoms with van der Waals surface area (Å²) in [5.41, 5.74) is 0.992. The van der Waals surface area contributed by atoms with Gasteiger partial charge in [-0.1, -0.05) is 55.3 Å². The molecule has 0 aromatic heterocycles.